The normalized spacial score (nSPS) is 17.4. The Labute approximate surface area is 116 Å². The minimum atomic E-state index is -1.00. The van der Waals surface area contributed by atoms with Crippen LogP contribution >= 0.6 is 22.9 Å². The molecule has 0 spiro atoms. The first-order chi connectivity index (χ1) is 8.59. The van der Waals surface area contributed by atoms with E-state index in [-0.39, 0.29) is 10.0 Å². The zero-order valence-electron chi connectivity index (χ0n) is 10.4. The number of aromatic carboxylic acids is 1. The van der Waals surface area contributed by atoms with Crippen LogP contribution in [0.15, 0.2) is 0 Å². The number of hydrogen-bond donors (Lipinski definition) is 1. The third kappa shape index (κ3) is 2.95. The summed E-state index contributed by atoms with van der Waals surface area (Å²) < 4.78 is 0. The SMILES string of the molecule is CN(c1nc(Cl)c(C(=O)O)s1)C1CCCCCC1. The van der Waals surface area contributed by atoms with Gasteiger partial charge in [-0.1, -0.05) is 48.6 Å². The predicted molar refractivity (Wildman–Crippen MR) is 74.0 cm³/mol. The predicted octanol–water partition coefficient (Wildman–Crippen LogP) is 3.65. The van der Waals surface area contributed by atoms with Gasteiger partial charge in [0.25, 0.3) is 0 Å². The second-order valence-corrected chi connectivity index (χ2v) is 6.01. The van der Waals surface area contributed by atoms with Crippen LogP contribution in [0.5, 0.6) is 0 Å². The van der Waals surface area contributed by atoms with Gasteiger partial charge in [0, 0.05) is 13.1 Å². The highest BCUT2D eigenvalue weighted by Crippen LogP contribution is 2.32. The van der Waals surface area contributed by atoms with E-state index in [1.54, 1.807) is 0 Å². The quantitative estimate of drug-likeness (QED) is 0.863. The highest BCUT2D eigenvalue weighted by atomic mass is 35.5. The number of thiazole rings is 1. The Hall–Kier alpha value is -0.810. The molecule has 100 valence electrons. The fourth-order valence-electron chi connectivity index (χ4n) is 2.38. The van der Waals surface area contributed by atoms with Crippen molar-refractivity contribution in [1.82, 2.24) is 4.98 Å². The van der Waals surface area contributed by atoms with E-state index in [1.807, 2.05) is 7.05 Å². The van der Waals surface area contributed by atoms with Gasteiger partial charge in [-0.15, -0.1) is 0 Å². The van der Waals surface area contributed by atoms with Gasteiger partial charge in [0.1, 0.15) is 0 Å². The summed E-state index contributed by atoms with van der Waals surface area (Å²) in [5.74, 6) is -1.00. The number of anilines is 1. The van der Waals surface area contributed by atoms with Crippen LogP contribution in [-0.2, 0) is 0 Å². The molecule has 0 amide bonds. The van der Waals surface area contributed by atoms with E-state index in [2.05, 4.69) is 9.88 Å². The largest absolute Gasteiger partial charge is 0.477 e. The monoisotopic (exact) mass is 288 g/mol. The zero-order chi connectivity index (χ0) is 13.1. The summed E-state index contributed by atoms with van der Waals surface area (Å²) in [4.78, 5) is 17.3. The minimum absolute atomic E-state index is 0.1000. The lowest BCUT2D eigenvalue weighted by molar-refractivity contribution is 0.0702. The van der Waals surface area contributed by atoms with E-state index in [4.69, 9.17) is 16.7 Å². The highest BCUT2D eigenvalue weighted by molar-refractivity contribution is 7.18. The van der Waals surface area contributed by atoms with Crippen LogP contribution in [0.25, 0.3) is 0 Å². The zero-order valence-corrected chi connectivity index (χ0v) is 11.9. The summed E-state index contributed by atoms with van der Waals surface area (Å²) in [7, 11) is 1.98. The molecule has 0 bridgehead atoms. The second-order valence-electron chi connectivity index (χ2n) is 4.68. The molecule has 1 heterocycles. The third-order valence-corrected chi connectivity index (χ3v) is 4.96. The molecule has 0 saturated heterocycles. The minimum Gasteiger partial charge on any atom is -0.477 e. The van der Waals surface area contributed by atoms with Crippen LogP contribution in [0.2, 0.25) is 5.15 Å². The Kier molecular flexibility index (Phi) is 4.45. The number of aromatic nitrogens is 1. The molecule has 1 saturated carbocycles. The summed E-state index contributed by atoms with van der Waals surface area (Å²) in [5.41, 5.74) is 0. The van der Waals surface area contributed by atoms with Crippen molar-refractivity contribution in [3.63, 3.8) is 0 Å². The topological polar surface area (TPSA) is 53.4 Å². The Balaban J connectivity index is 2.14. The van der Waals surface area contributed by atoms with E-state index in [1.165, 1.54) is 25.7 Å². The second kappa shape index (κ2) is 5.89. The average Bonchev–Trinajstić information content (AvgIpc) is 2.56. The van der Waals surface area contributed by atoms with Gasteiger partial charge >= 0.3 is 5.97 Å². The third-order valence-electron chi connectivity index (χ3n) is 3.44. The maximum Gasteiger partial charge on any atom is 0.349 e. The number of nitrogens with zero attached hydrogens (tertiary/aromatic N) is 2. The Bertz CT molecular complexity index is 428. The lowest BCUT2D eigenvalue weighted by Crippen LogP contribution is -2.30. The van der Waals surface area contributed by atoms with Crippen LogP contribution in [0.3, 0.4) is 0 Å². The van der Waals surface area contributed by atoms with E-state index in [0.717, 1.165) is 24.2 Å². The van der Waals surface area contributed by atoms with Gasteiger partial charge in [-0.2, -0.15) is 0 Å². The molecule has 0 aliphatic heterocycles. The first-order valence-corrected chi connectivity index (χ1v) is 7.41. The van der Waals surface area contributed by atoms with Crippen molar-refractivity contribution >= 4 is 34.0 Å². The van der Waals surface area contributed by atoms with Crippen molar-refractivity contribution in [2.24, 2.45) is 0 Å². The molecule has 0 radical (unpaired) electrons. The van der Waals surface area contributed by atoms with E-state index in [0.29, 0.717) is 11.2 Å². The molecule has 1 aliphatic carbocycles. The van der Waals surface area contributed by atoms with Gasteiger partial charge in [-0.3, -0.25) is 0 Å². The van der Waals surface area contributed by atoms with Crippen LogP contribution in [0.1, 0.15) is 48.2 Å². The van der Waals surface area contributed by atoms with E-state index in [9.17, 15) is 4.79 Å². The number of halogens is 1. The Morgan fingerprint density at radius 1 is 1.39 bits per heavy atom. The van der Waals surface area contributed by atoms with Crippen molar-refractivity contribution in [1.29, 1.82) is 0 Å². The number of carboxylic acids is 1. The van der Waals surface area contributed by atoms with Crippen molar-refractivity contribution in [2.75, 3.05) is 11.9 Å². The fraction of sp³-hybridized carbons (Fsp3) is 0.667. The standard InChI is InChI=1S/C12H17ClN2O2S/c1-15(8-6-4-2-3-5-7-8)12-14-10(13)9(18-12)11(16)17/h8H,2-7H2,1H3,(H,16,17). The van der Waals surface area contributed by atoms with E-state index >= 15 is 0 Å². The summed E-state index contributed by atoms with van der Waals surface area (Å²) in [6, 6.07) is 0.455. The maximum absolute atomic E-state index is 11.0. The lowest BCUT2D eigenvalue weighted by Gasteiger charge is -2.26. The number of rotatable bonds is 3. The van der Waals surface area contributed by atoms with Crippen molar-refractivity contribution < 1.29 is 9.90 Å². The summed E-state index contributed by atoms with van der Waals surface area (Å²) in [6.07, 6.45) is 7.36. The molecule has 6 heteroatoms. The first-order valence-electron chi connectivity index (χ1n) is 6.22. The molecular formula is C12H17ClN2O2S. The van der Waals surface area contributed by atoms with Crippen molar-refractivity contribution in [3.05, 3.63) is 10.0 Å². The van der Waals surface area contributed by atoms with Crippen LogP contribution < -0.4 is 4.90 Å². The van der Waals surface area contributed by atoms with Gasteiger partial charge in [-0.25, -0.2) is 9.78 Å². The fourth-order valence-corrected chi connectivity index (χ4v) is 3.53. The number of carboxylic acid groups (broad SMARTS) is 1. The molecule has 0 atom stereocenters. The molecule has 1 aromatic heterocycles. The van der Waals surface area contributed by atoms with Crippen molar-refractivity contribution in [3.8, 4) is 0 Å². The molecule has 1 fully saturated rings. The molecular weight excluding hydrogens is 272 g/mol. The maximum atomic E-state index is 11.0. The molecule has 18 heavy (non-hydrogen) atoms. The lowest BCUT2D eigenvalue weighted by atomic mass is 10.1. The number of hydrogen-bond acceptors (Lipinski definition) is 4. The molecule has 2 rings (SSSR count). The summed E-state index contributed by atoms with van der Waals surface area (Å²) in [5, 5.41) is 9.80. The van der Waals surface area contributed by atoms with Gasteiger partial charge in [0.15, 0.2) is 15.2 Å². The summed E-state index contributed by atoms with van der Waals surface area (Å²) >= 11 is 7.01. The first kappa shape index (κ1) is 13.6. The molecule has 0 unspecified atom stereocenters. The van der Waals surface area contributed by atoms with Crippen LogP contribution in [-0.4, -0.2) is 29.1 Å². The Morgan fingerprint density at radius 3 is 2.50 bits per heavy atom. The Morgan fingerprint density at radius 2 is 2.00 bits per heavy atom. The van der Waals surface area contributed by atoms with Gasteiger partial charge in [0.05, 0.1) is 0 Å². The van der Waals surface area contributed by atoms with Crippen LogP contribution in [0.4, 0.5) is 5.13 Å². The smallest absolute Gasteiger partial charge is 0.349 e. The average molecular weight is 289 g/mol. The molecule has 0 aromatic carbocycles. The molecule has 4 nitrogen and oxygen atoms in total. The van der Waals surface area contributed by atoms with Gasteiger partial charge in [-0.05, 0) is 12.8 Å². The molecule has 1 N–H and O–H groups in total. The van der Waals surface area contributed by atoms with E-state index < -0.39 is 5.97 Å². The molecule has 1 aromatic rings. The van der Waals surface area contributed by atoms with Crippen LogP contribution in [0, 0.1) is 0 Å². The molecule has 1 aliphatic rings. The van der Waals surface area contributed by atoms with Gasteiger partial charge in [0.2, 0.25) is 0 Å². The summed E-state index contributed by atoms with van der Waals surface area (Å²) in [6.45, 7) is 0. The van der Waals surface area contributed by atoms with Crippen molar-refractivity contribution in [2.45, 2.75) is 44.6 Å². The van der Waals surface area contributed by atoms with Gasteiger partial charge < -0.3 is 10.0 Å². The highest BCUT2D eigenvalue weighted by Gasteiger charge is 2.23. The number of carbonyl (C=O) groups is 1.